The lowest BCUT2D eigenvalue weighted by molar-refractivity contribution is -0.134. The van der Waals surface area contributed by atoms with Gasteiger partial charge in [0.15, 0.2) is 11.8 Å². The number of benzene rings is 4. The first-order chi connectivity index (χ1) is 33.3. The first kappa shape index (κ1) is 51.7. The van der Waals surface area contributed by atoms with Gasteiger partial charge in [0.2, 0.25) is 21.8 Å². The molecule has 1 unspecified atom stereocenters. The number of rotatable bonds is 17. The number of aliphatic carboxylic acids is 1. The van der Waals surface area contributed by atoms with E-state index < -0.39 is 92.7 Å². The third-order valence-corrected chi connectivity index (χ3v) is 13.0. The van der Waals surface area contributed by atoms with Crippen molar-refractivity contribution in [2.75, 3.05) is 28.1 Å². The lowest BCUT2D eigenvalue weighted by atomic mass is 10.0. The quantitative estimate of drug-likeness (QED) is 0.0141. The lowest BCUT2D eigenvalue weighted by Gasteiger charge is -2.15. The highest BCUT2D eigenvalue weighted by atomic mass is 32.2. The molecule has 25 nitrogen and oxygen atoms in total. The van der Waals surface area contributed by atoms with Crippen LogP contribution in [0.5, 0.6) is 0 Å². The first-order valence-electron chi connectivity index (χ1n) is 19.8. The number of carboxylic acid groups (broad SMARTS) is 2. The van der Waals surface area contributed by atoms with E-state index in [9.17, 15) is 68.2 Å². The summed E-state index contributed by atoms with van der Waals surface area (Å²) in [6, 6.07) is 14.0. The van der Waals surface area contributed by atoms with Crippen LogP contribution in [0.2, 0.25) is 0 Å². The number of azo groups is 1. The van der Waals surface area contributed by atoms with E-state index in [1.54, 1.807) is 0 Å². The van der Waals surface area contributed by atoms with Crippen molar-refractivity contribution in [1.82, 2.24) is 4.72 Å². The highest BCUT2D eigenvalue weighted by Gasteiger charge is 2.36. The van der Waals surface area contributed by atoms with Crippen LogP contribution in [-0.4, -0.2) is 105 Å². The molecule has 2 aliphatic rings. The molecule has 3 amide bonds. The summed E-state index contributed by atoms with van der Waals surface area (Å²) < 4.78 is 96.7. The molecule has 28 heteroatoms. The molecule has 0 fully saturated rings. The van der Waals surface area contributed by atoms with E-state index in [0.29, 0.717) is 11.4 Å². The van der Waals surface area contributed by atoms with Gasteiger partial charge in [0.05, 0.1) is 38.9 Å². The molecule has 1 aliphatic carbocycles. The monoisotopic (exact) mass is 1030 g/mol. The Labute approximate surface area is 401 Å². The Kier molecular flexibility index (Phi) is 15.2. The fourth-order valence-corrected chi connectivity index (χ4v) is 8.42. The van der Waals surface area contributed by atoms with Crippen LogP contribution < -0.4 is 25.8 Å². The molecule has 0 bridgehead atoms. The van der Waals surface area contributed by atoms with E-state index in [4.69, 9.17) is 5.11 Å². The van der Waals surface area contributed by atoms with Crippen molar-refractivity contribution in [2.24, 2.45) is 20.4 Å². The van der Waals surface area contributed by atoms with Crippen molar-refractivity contribution >= 4 is 118 Å². The normalized spacial score (nSPS) is 15.9. The number of aromatic carboxylic acids is 1. The SMILES string of the molecule is CNS(=O)(=O)c1ccc(N=NC2C(=O)N(c3ccc(/C=C/c4ccc(NC(=O)/C=C/C(=O)Nc5ccc(N/N=C6/C=CC(=O)C(C(=O)O)=C6)cc5)cc4S(=O)(=O)O)c(S(=O)(=O)O)c3)N=C2C)c(C(=O)O)c1. The number of carbonyl (C=O) groups excluding carboxylic acids is 4. The summed E-state index contributed by atoms with van der Waals surface area (Å²) in [4.78, 5) is 71.5. The number of ketones is 1. The number of hydrogen-bond acceptors (Lipinski definition) is 17. The number of sulfonamides is 1. The van der Waals surface area contributed by atoms with Gasteiger partial charge >= 0.3 is 11.9 Å². The Balaban J connectivity index is 1.12. The van der Waals surface area contributed by atoms with Crippen LogP contribution in [0, 0.1) is 0 Å². The molecule has 8 N–H and O–H groups in total. The second-order valence-electron chi connectivity index (χ2n) is 14.6. The molecule has 0 aromatic heterocycles. The van der Waals surface area contributed by atoms with Crippen molar-refractivity contribution in [3.8, 4) is 0 Å². The smallest absolute Gasteiger partial charge is 0.339 e. The van der Waals surface area contributed by atoms with Crippen molar-refractivity contribution in [2.45, 2.75) is 27.7 Å². The maximum absolute atomic E-state index is 13.5. The average Bonchev–Trinajstić information content (AvgIpc) is 3.60. The molecule has 1 atom stereocenters. The average molecular weight is 1030 g/mol. The second-order valence-corrected chi connectivity index (χ2v) is 19.2. The van der Waals surface area contributed by atoms with E-state index in [0.717, 1.165) is 91.0 Å². The lowest BCUT2D eigenvalue weighted by Crippen LogP contribution is -2.29. The molecule has 1 heterocycles. The number of hydrazone groups is 2. The maximum Gasteiger partial charge on any atom is 0.339 e. The van der Waals surface area contributed by atoms with Gasteiger partial charge in [0, 0.05) is 23.5 Å². The summed E-state index contributed by atoms with van der Waals surface area (Å²) in [6.45, 7) is 1.37. The molecule has 4 aromatic carbocycles. The number of allylic oxidation sites excluding steroid dienone is 3. The Morgan fingerprint density at radius 3 is 1.89 bits per heavy atom. The number of anilines is 4. The third-order valence-electron chi connectivity index (χ3n) is 9.72. The van der Waals surface area contributed by atoms with E-state index >= 15 is 0 Å². The minimum Gasteiger partial charge on any atom is -0.478 e. The molecular weight excluding hydrogens is 995 g/mol. The molecule has 6 rings (SSSR count). The van der Waals surface area contributed by atoms with Crippen LogP contribution in [0.4, 0.5) is 28.4 Å². The van der Waals surface area contributed by atoms with Gasteiger partial charge < -0.3 is 20.8 Å². The highest BCUT2D eigenvalue weighted by molar-refractivity contribution is 7.89. The van der Waals surface area contributed by atoms with Crippen molar-refractivity contribution < 1.29 is 73.3 Å². The van der Waals surface area contributed by atoms with Gasteiger partial charge in [-0.05, 0) is 110 Å². The van der Waals surface area contributed by atoms with E-state index in [1.165, 1.54) is 49.4 Å². The van der Waals surface area contributed by atoms with E-state index in [2.05, 4.69) is 41.2 Å². The van der Waals surface area contributed by atoms with Crippen LogP contribution in [0.15, 0.2) is 150 Å². The number of hydrogen-bond donors (Lipinski definition) is 8. The zero-order chi connectivity index (χ0) is 52.0. The molecule has 0 saturated carbocycles. The van der Waals surface area contributed by atoms with Gasteiger partial charge in [-0.2, -0.15) is 42.3 Å². The van der Waals surface area contributed by atoms with Crippen LogP contribution >= 0.6 is 0 Å². The predicted molar refractivity (Wildman–Crippen MR) is 254 cm³/mol. The Bertz CT molecular complexity index is 3510. The standard InChI is InChI=1S/C43H35N9O16S3/c1-23-40(50-49-34-15-14-31(69(61,62)44-2)22-32(34)42(57)58)41(56)52(51-23)30-13-6-25(37(21-30)71(66,67)68)4-3-24-5-7-28(20-36(24)70(63,64)65)46-39(55)18-17-38(54)45-26-8-10-27(11-9-26)47-48-29-12-16-35(53)33(19-29)43(59)60/h3-22,40,44,47H,1-2H3,(H,45,54)(H,46,55)(H,57,58)(H,59,60)(H,63,64,65)(H,66,67,68)/b4-3+,18-17+,48-29-,50-49?. The fourth-order valence-electron chi connectivity index (χ4n) is 6.25. The molecular formula is C43H35N9O16S3. The maximum atomic E-state index is 13.5. The number of carboxylic acids is 2. The second kappa shape index (κ2) is 20.9. The largest absolute Gasteiger partial charge is 0.478 e. The summed E-state index contributed by atoms with van der Waals surface area (Å²) in [7, 11) is -13.0. The topological polar surface area (TPSA) is 387 Å². The first-order valence-corrected chi connectivity index (χ1v) is 24.1. The molecule has 0 saturated heterocycles. The van der Waals surface area contributed by atoms with Gasteiger partial charge in [-0.25, -0.2) is 22.7 Å². The third kappa shape index (κ3) is 12.7. The molecule has 366 valence electrons. The zero-order valence-corrected chi connectivity index (χ0v) is 38.7. The van der Waals surface area contributed by atoms with Gasteiger partial charge in [0.1, 0.15) is 15.4 Å². The molecule has 0 radical (unpaired) electrons. The predicted octanol–water partition coefficient (Wildman–Crippen LogP) is 3.88. The highest BCUT2D eigenvalue weighted by Crippen LogP contribution is 2.31. The van der Waals surface area contributed by atoms with Crippen LogP contribution in [-0.2, 0) is 54.2 Å². The number of carbonyl (C=O) groups is 6. The molecule has 0 spiro atoms. The summed E-state index contributed by atoms with van der Waals surface area (Å²) in [6.07, 6.45) is 7.31. The van der Waals surface area contributed by atoms with Gasteiger partial charge in [-0.1, -0.05) is 24.3 Å². The molecule has 71 heavy (non-hydrogen) atoms. The van der Waals surface area contributed by atoms with Crippen LogP contribution in [0.1, 0.15) is 28.4 Å². The number of nitrogens with zero attached hydrogens (tertiary/aromatic N) is 5. The fraction of sp³-hybridized carbons (Fsp3) is 0.0698. The number of nitrogens with one attached hydrogen (secondary N) is 4. The number of amides is 3. The van der Waals surface area contributed by atoms with Crippen molar-refractivity contribution in [1.29, 1.82) is 0 Å². The summed E-state index contributed by atoms with van der Waals surface area (Å²) >= 11 is 0. The van der Waals surface area contributed by atoms with Gasteiger partial charge in [-0.15, -0.1) is 0 Å². The minimum absolute atomic E-state index is 0.0247. The van der Waals surface area contributed by atoms with Crippen molar-refractivity contribution in [3.05, 3.63) is 132 Å². The minimum atomic E-state index is -5.08. The van der Waals surface area contributed by atoms with Gasteiger partial charge in [0.25, 0.3) is 26.1 Å². The van der Waals surface area contributed by atoms with Crippen LogP contribution in [0.25, 0.3) is 12.2 Å². The van der Waals surface area contributed by atoms with Crippen molar-refractivity contribution in [3.63, 3.8) is 0 Å². The van der Waals surface area contributed by atoms with Gasteiger partial charge in [-0.3, -0.25) is 33.7 Å². The Morgan fingerprint density at radius 2 is 1.30 bits per heavy atom. The molecule has 4 aromatic rings. The summed E-state index contributed by atoms with van der Waals surface area (Å²) in [5.74, 6) is -6.15. The Hall–Kier alpha value is -8.67. The Morgan fingerprint density at radius 1 is 0.718 bits per heavy atom. The summed E-state index contributed by atoms with van der Waals surface area (Å²) in [5, 5.41) is 40.2. The molecule has 1 aliphatic heterocycles. The van der Waals surface area contributed by atoms with E-state index in [1.807, 2.05) is 0 Å². The zero-order valence-electron chi connectivity index (χ0n) is 36.3. The van der Waals surface area contributed by atoms with Crippen LogP contribution in [0.3, 0.4) is 0 Å². The summed E-state index contributed by atoms with van der Waals surface area (Å²) in [5.41, 5.74) is 1.47. The van der Waals surface area contributed by atoms with E-state index in [-0.39, 0.29) is 44.5 Å².